The van der Waals surface area contributed by atoms with Gasteiger partial charge in [-0.3, -0.25) is 19.7 Å². The zero-order valence-corrected chi connectivity index (χ0v) is 14.4. The van der Waals surface area contributed by atoms with Crippen LogP contribution in [-0.4, -0.2) is 48.9 Å². The summed E-state index contributed by atoms with van der Waals surface area (Å²) < 4.78 is 10.5. The number of imide groups is 1. The Morgan fingerprint density at radius 3 is 2.48 bits per heavy atom. The lowest BCUT2D eigenvalue weighted by molar-refractivity contribution is -0.139. The molecule has 0 bridgehead atoms. The van der Waals surface area contributed by atoms with Gasteiger partial charge in [0.2, 0.25) is 17.7 Å². The van der Waals surface area contributed by atoms with Gasteiger partial charge < -0.3 is 14.4 Å². The first-order chi connectivity index (χ1) is 12.0. The molecule has 1 saturated carbocycles. The molecule has 7 nitrogen and oxygen atoms in total. The fourth-order valence-electron chi connectivity index (χ4n) is 3.17. The zero-order valence-electron chi connectivity index (χ0n) is 14.4. The molecule has 1 saturated heterocycles. The van der Waals surface area contributed by atoms with Crippen molar-refractivity contribution >= 4 is 17.7 Å². The molecule has 25 heavy (non-hydrogen) atoms. The number of ether oxygens (including phenoxy) is 2. The third kappa shape index (κ3) is 3.75. The highest BCUT2D eigenvalue weighted by atomic mass is 16.5. The number of nitrogens with zero attached hydrogens (tertiary/aromatic N) is 1. The van der Waals surface area contributed by atoms with Crippen molar-refractivity contribution in [2.45, 2.75) is 44.2 Å². The Bertz CT molecular complexity index is 699. The average Bonchev–Trinajstić information content (AvgIpc) is 3.38. The number of hydrogen-bond donors (Lipinski definition) is 1. The van der Waals surface area contributed by atoms with Crippen molar-refractivity contribution in [1.82, 2.24) is 10.2 Å². The second kappa shape index (κ2) is 7.13. The minimum atomic E-state index is -0.655. The van der Waals surface area contributed by atoms with Crippen molar-refractivity contribution in [3.63, 3.8) is 0 Å². The van der Waals surface area contributed by atoms with E-state index in [0.29, 0.717) is 17.9 Å². The number of carbonyl (C=O) groups is 3. The van der Waals surface area contributed by atoms with Gasteiger partial charge >= 0.3 is 0 Å². The number of nitrogens with one attached hydrogen (secondary N) is 1. The summed E-state index contributed by atoms with van der Waals surface area (Å²) in [5.41, 5.74) is 0.952. The number of hydrogen-bond acceptors (Lipinski definition) is 5. The third-order valence-corrected chi connectivity index (χ3v) is 4.58. The van der Waals surface area contributed by atoms with Gasteiger partial charge in [0.25, 0.3) is 0 Å². The van der Waals surface area contributed by atoms with Crippen molar-refractivity contribution in [3.05, 3.63) is 23.8 Å². The van der Waals surface area contributed by atoms with Gasteiger partial charge in [-0.05, 0) is 37.0 Å². The fraction of sp³-hybridized carbons (Fsp3) is 0.500. The number of methoxy groups -OCH3 is 2. The fourth-order valence-corrected chi connectivity index (χ4v) is 3.17. The van der Waals surface area contributed by atoms with Crippen molar-refractivity contribution in [3.8, 4) is 11.5 Å². The monoisotopic (exact) mass is 346 g/mol. The highest BCUT2D eigenvalue weighted by Crippen LogP contribution is 2.32. The topological polar surface area (TPSA) is 84.9 Å². The van der Waals surface area contributed by atoms with Crippen molar-refractivity contribution < 1.29 is 23.9 Å². The molecule has 1 aromatic carbocycles. The van der Waals surface area contributed by atoms with Gasteiger partial charge in [0.05, 0.1) is 20.6 Å². The Kier molecular flexibility index (Phi) is 4.92. The first-order valence-corrected chi connectivity index (χ1v) is 8.39. The predicted molar refractivity (Wildman–Crippen MR) is 89.3 cm³/mol. The number of rotatable bonds is 7. The van der Waals surface area contributed by atoms with Crippen LogP contribution in [-0.2, 0) is 20.8 Å². The molecule has 1 atom stereocenters. The van der Waals surface area contributed by atoms with Gasteiger partial charge in [0, 0.05) is 12.5 Å². The van der Waals surface area contributed by atoms with Gasteiger partial charge in [-0.2, -0.15) is 0 Å². The quantitative estimate of drug-likeness (QED) is 0.746. The Morgan fingerprint density at radius 2 is 1.92 bits per heavy atom. The second-order valence-corrected chi connectivity index (χ2v) is 6.35. The van der Waals surface area contributed by atoms with Crippen LogP contribution in [0.4, 0.5) is 0 Å². The maximum Gasteiger partial charge on any atom is 0.249 e. The van der Waals surface area contributed by atoms with E-state index in [9.17, 15) is 14.4 Å². The Hall–Kier alpha value is -2.57. The van der Waals surface area contributed by atoms with Gasteiger partial charge in [-0.1, -0.05) is 6.07 Å². The van der Waals surface area contributed by atoms with Crippen LogP contribution in [0.2, 0.25) is 0 Å². The lowest BCUT2D eigenvalue weighted by Crippen LogP contribution is -2.46. The van der Waals surface area contributed by atoms with E-state index >= 15 is 0 Å². The molecule has 134 valence electrons. The summed E-state index contributed by atoms with van der Waals surface area (Å²) in [4.78, 5) is 37.7. The highest BCUT2D eigenvalue weighted by molar-refractivity contribution is 6.06. The summed E-state index contributed by atoms with van der Waals surface area (Å²) in [7, 11) is 3.14. The molecule has 0 radical (unpaired) electrons. The standard InChI is InChI=1S/C18H22N2O5/c1-24-14-7-3-11(9-15(14)25-2)4-8-17(22)20(12-5-6-12)13-10-16(21)19-18(13)23/h3,7,9,12-13H,4-6,8,10H2,1-2H3,(H,19,21,23)/t13-/m1/s1. The lowest BCUT2D eigenvalue weighted by Gasteiger charge is -2.26. The lowest BCUT2D eigenvalue weighted by atomic mass is 10.1. The number of aryl methyl sites for hydroxylation is 1. The minimum absolute atomic E-state index is 0.0669. The Labute approximate surface area is 146 Å². The third-order valence-electron chi connectivity index (χ3n) is 4.58. The number of amides is 3. The molecule has 0 spiro atoms. The van der Waals surface area contributed by atoms with Crippen LogP contribution < -0.4 is 14.8 Å². The van der Waals surface area contributed by atoms with Crippen LogP contribution in [0, 0.1) is 0 Å². The van der Waals surface area contributed by atoms with Crippen LogP contribution in [0.25, 0.3) is 0 Å². The summed E-state index contributed by atoms with van der Waals surface area (Å²) in [5, 5.41) is 2.28. The molecule has 1 N–H and O–H groups in total. The van der Waals surface area contributed by atoms with E-state index < -0.39 is 6.04 Å². The van der Waals surface area contributed by atoms with Crippen LogP contribution in [0.5, 0.6) is 11.5 Å². The van der Waals surface area contributed by atoms with E-state index in [2.05, 4.69) is 5.32 Å². The van der Waals surface area contributed by atoms with Gasteiger partial charge in [-0.25, -0.2) is 0 Å². The summed E-state index contributed by atoms with van der Waals surface area (Å²) in [6, 6.07) is 4.97. The Morgan fingerprint density at radius 1 is 1.20 bits per heavy atom. The second-order valence-electron chi connectivity index (χ2n) is 6.35. The van der Waals surface area contributed by atoms with Crippen molar-refractivity contribution in [1.29, 1.82) is 0 Å². The SMILES string of the molecule is COc1ccc(CCC(=O)N(C2CC2)[C@@H]2CC(=O)NC2=O)cc1OC. The van der Waals surface area contributed by atoms with E-state index in [1.807, 2.05) is 12.1 Å². The van der Waals surface area contributed by atoms with Gasteiger partial charge in [-0.15, -0.1) is 0 Å². The predicted octanol–water partition coefficient (Wildman–Crippen LogP) is 1.04. The molecule has 1 aliphatic heterocycles. The highest BCUT2D eigenvalue weighted by Gasteiger charge is 2.44. The minimum Gasteiger partial charge on any atom is -0.493 e. The molecule has 1 aromatic rings. The smallest absolute Gasteiger partial charge is 0.249 e. The molecule has 2 fully saturated rings. The Balaban J connectivity index is 1.66. The molecule has 3 amide bonds. The molecule has 3 rings (SSSR count). The zero-order chi connectivity index (χ0) is 18.0. The van der Waals surface area contributed by atoms with E-state index in [4.69, 9.17) is 9.47 Å². The normalized spacial score (nSPS) is 19.5. The molecule has 0 aromatic heterocycles. The largest absolute Gasteiger partial charge is 0.493 e. The first-order valence-electron chi connectivity index (χ1n) is 8.39. The molecular formula is C18H22N2O5. The first kappa shape index (κ1) is 17.3. The van der Waals surface area contributed by atoms with E-state index in [1.54, 1.807) is 25.2 Å². The molecule has 7 heteroatoms. The van der Waals surface area contributed by atoms with Gasteiger partial charge in [0.1, 0.15) is 6.04 Å². The summed E-state index contributed by atoms with van der Waals surface area (Å²) >= 11 is 0. The molecule has 1 aliphatic carbocycles. The van der Waals surface area contributed by atoms with Crippen LogP contribution in [0.3, 0.4) is 0 Å². The van der Waals surface area contributed by atoms with Crippen LogP contribution in [0.15, 0.2) is 18.2 Å². The summed E-state index contributed by atoms with van der Waals surface area (Å²) in [5.74, 6) is 0.488. The summed E-state index contributed by atoms with van der Waals surface area (Å²) in [6.45, 7) is 0. The molecular weight excluding hydrogens is 324 g/mol. The number of carbonyl (C=O) groups excluding carboxylic acids is 3. The van der Waals surface area contributed by atoms with Crippen molar-refractivity contribution in [2.24, 2.45) is 0 Å². The molecule has 0 unspecified atom stereocenters. The van der Waals surface area contributed by atoms with E-state index in [0.717, 1.165) is 18.4 Å². The van der Waals surface area contributed by atoms with Gasteiger partial charge in [0.15, 0.2) is 11.5 Å². The van der Waals surface area contributed by atoms with E-state index in [1.165, 1.54) is 0 Å². The summed E-state index contributed by atoms with van der Waals surface area (Å²) in [6.07, 6.45) is 2.66. The maximum absolute atomic E-state index is 12.7. The average molecular weight is 346 g/mol. The van der Waals surface area contributed by atoms with Crippen LogP contribution in [0.1, 0.15) is 31.2 Å². The molecule has 2 aliphatic rings. The number of benzene rings is 1. The molecule has 1 heterocycles. The van der Waals surface area contributed by atoms with Crippen LogP contribution >= 0.6 is 0 Å². The van der Waals surface area contributed by atoms with Crippen molar-refractivity contribution in [2.75, 3.05) is 14.2 Å². The maximum atomic E-state index is 12.7. The van der Waals surface area contributed by atoms with E-state index in [-0.39, 0.29) is 36.6 Å².